The number of nitrogens with zero attached hydrogens (tertiary/aromatic N) is 2. The fourth-order valence-corrected chi connectivity index (χ4v) is 2.51. The summed E-state index contributed by atoms with van der Waals surface area (Å²) in [6.07, 6.45) is 2.33. The van der Waals surface area contributed by atoms with Crippen molar-refractivity contribution in [3.05, 3.63) is 34.9 Å². The maximum Gasteiger partial charge on any atom is 0.141 e. The molecule has 19 heavy (non-hydrogen) atoms. The van der Waals surface area contributed by atoms with E-state index in [0.717, 1.165) is 17.9 Å². The molecule has 1 aromatic carbocycles. The largest absolute Gasteiger partial charge is 0.383 e. The molecule has 1 aromatic heterocycles. The van der Waals surface area contributed by atoms with Crippen LogP contribution < -0.4 is 5.73 Å². The van der Waals surface area contributed by atoms with E-state index in [-0.39, 0.29) is 5.02 Å². The number of hydrogen-bond donors (Lipinski definition) is 1. The van der Waals surface area contributed by atoms with Crippen molar-refractivity contribution in [2.24, 2.45) is 0 Å². The van der Waals surface area contributed by atoms with Crippen LogP contribution in [-0.2, 0) is 6.54 Å². The second-order valence-corrected chi connectivity index (χ2v) is 5.26. The lowest BCUT2D eigenvalue weighted by molar-refractivity contribution is 0.628. The van der Waals surface area contributed by atoms with Gasteiger partial charge in [-0.3, -0.25) is 0 Å². The summed E-state index contributed by atoms with van der Waals surface area (Å²) in [5.41, 5.74) is 7.63. The monoisotopic (exact) mass is 279 g/mol. The van der Waals surface area contributed by atoms with Crippen molar-refractivity contribution in [3.63, 3.8) is 0 Å². The van der Waals surface area contributed by atoms with Gasteiger partial charge in [-0.25, -0.2) is 9.37 Å². The summed E-state index contributed by atoms with van der Waals surface area (Å²) < 4.78 is 15.2. The lowest BCUT2D eigenvalue weighted by atomic mass is 10.1. The molecule has 0 saturated heterocycles. The predicted octanol–water partition coefficient (Wildman–Crippen LogP) is 3.82. The average molecular weight is 280 g/mol. The number of nitrogen functional groups attached to an aromatic ring is 1. The molecule has 1 saturated carbocycles. The second kappa shape index (κ2) is 4.53. The van der Waals surface area contributed by atoms with Crippen LogP contribution in [0.1, 0.15) is 31.5 Å². The van der Waals surface area contributed by atoms with Gasteiger partial charge in [0.2, 0.25) is 0 Å². The molecule has 2 N–H and O–H groups in total. The molecule has 1 heterocycles. The Balaban J connectivity index is 2.11. The molecule has 0 aliphatic heterocycles. The number of nitrogens with two attached hydrogens (primary N) is 1. The summed E-state index contributed by atoms with van der Waals surface area (Å²) in [6.45, 7) is 2.84. The quantitative estimate of drug-likeness (QED) is 0.928. The Morgan fingerprint density at radius 3 is 2.79 bits per heavy atom. The van der Waals surface area contributed by atoms with Crippen LogP contribution in [0.4, 0.5) is 10.2 Å². The number of halogens is 2. The molecule has 2 aromatic rings. The Morgan fingerprint density at radius 2 is 2.21 bits per heavy atom. The highest BCUT2D eigenvalue weighted by molar-refractivity contribution is 6.31. The van der Waals surface area contributed by atoms with E-state index in [1.807, 2.05) is 11.5 Å². The third kappa shape index (κ3) is 2.10. The Bertz CT molecular complexity index is 632. The zero-order chi connectivity index (χ0) is 13.6. The van der Waals surface area contributed by atoms with E-state index in [2.05, 4.69) is 4.98 Å². The zero-order valence-electron chi connectivity index (χ0n) is 10.7. The highest BCUT2D eigenvalue weighted by Crippen LogP contribution is 2.42. The third-order valence-corrected chi connectivity index (χ3v) is 3.78. The van der Waals surface area contributed by atoms with Gasteiger partial charge in [0, 0.05) is 18.0 Å². The second-order valence-electron chi connectivity index (χ2n) is 4.85. The number of imidazole rings is 1. The van der Waals surface area contributed by atoms with Gasteiger partial charge < -0.3 is 10.3 Å². The van der Waals surface area contributed by atoms with Crippen LogP contribution >= 0.6 is 11.6 Å². The highest BCUT2D eigenvalue weighted by atomic mass is 35.5. The molecule has 0 radical (unpaired) electrons. The average Bonchev–Trinajstić information content (AvgIpc) is 3.17. The third-order valence-electron chi connectivity index (χ3n) is 3.49. The van der Waals surface area contributed by atoms with E-state index in [4.69, 9.17) is 17.3 Å². The molecule has 100 valence electrons. The normalized spacial score (nSPS) is 14.9. The van der Waals surface area contributed by atoms with E-state index in [9.17, 15) is 4.39 Å². The van der Waals surface area contributed by atoms with Crippen molar-refractivity contribution in [3.8, 4) is 11.3 Å². The first kappa shape index (κ1) is 12.5. The molecule has 1 aliphatic carbocycles. The van der Waals surface area contributed by atoms with Crippen molar-refractivity contribution >= 4 is 17.4 Å². The first-order valence-electron chi connectivity index (χ1n) is 6.43. The van der Waals surface area contributed by atoms with Crippen LogP contribution in [0.3, 0.4) is 0 Å². The molecular formula is C14H15ClFN3. The highest BCUT2D eigenvalue weighted by Gasteiger charge is 2.30. The van der Waals surface area contributed by atoms with Crippen molar-refractivity contribution in [2.45, 2.75) is 32.2 Å². The van der Waals surface area contributed by atoms with Gasteiger partial charge in [0.05, 0.1) is 5.02 Å². The summed E-state index contributed by atoms with van der Waals surface area (Å²) >= 11 is 5.82. The first-order valence-corrected chi connectivity index (χ1v) is 6.81. The van der Waals surface area contributed by atoms with E-state index in [1.165, 1.54) is 18.9 Å². The van der Waals surface area contributed by atoms with Crippen LogP contribution in [0.2, 0.25) is 5.02 Å². The Morgan fingerprint density at radius 1 is 1.47 bits per heavy atom. The number of benzene rings is 1. The molecule has 0 bridgehead atoms. The van der Waals surface area contributed by atoms with Crippen molar-refractivity contribution in [2.75, 3.05) is 5.73 Å². The van der Waals surface area contributed by atoms with Crippen molar-refractivity contribution in [1.82, 2.24) is 9.55 Å². The maximum absolute atomic E-state index is 13.2. The fraction of sp³-hybridized carbons (Fsp3) is 0.357. The zero-order valence-corrected chi connectivity index (χ0v) is 11.4. The predicted molar refractivity (Wildman–Crippen MR) is 74.7 cm³/mol. The molecule has 0 atom stereocenters. The van der Waals surface area contributed by atoms with Crippen LogP contribution in [0.15, 0.2) is 18.2 Å². The molecule has 3 rings (SSSR count). The Kier molecular flexibility index (Phi) is 2.97. The number of hydrogen-bond acceptors (Lipinski definition) is 2. The molecule has 1 fully saturated rings. The van der Waals surface area contributed by atoms with Crippen LogP contribution in [0.5, 0.6) is 0 Å². The van der Waals surface area contributed by atoms with E-state index >= 15 is 0 Å². The van der Waals surface area contributed by atoms with Gasteiger partial charge in [-0.05, 0) is 38.0 Å². The standard InChI is InChI=1S/C14H15ClFN3/c1-2-19-13(17)12(18-14(19)8-3-4-8)9-5-6-11(16)10(15)7-9/h5-8H,2-4,17H2,1H3. The Labute approximate surface area is 116 Å². The Hall–Kier alpha value is -1.55. The van der Waals surface area contributed by atoms with Gasteiger partial charge in [-0.1, -0.05) is 11.6 Å². The fourth-order valence-electron chi connectivity index (χ4n) is 2.32. The summed E-state index contributed by atoms with van der Waals surface area (Å²) in [5, 5.41) is 0.0934. The van der Waals surface area contributed by atoms with Gasteiger partial charge in [0.25, 0.3) is 0 Å². The minimum Gasteiger partial charge on any atom is -0.383 e. The van der Waals surface area contributed by atoms with Crippen molar-refractivity contribution in [1.29, 1.82) is 0 Å². The summed E-state index contributed by atoms with van der Waals surface area (Å²) in [5.74, 6) is 1.76. The number of rotatable bonds is 3. The SMILES string of the molecule is CCn1c(C2CC2)nc(-c2ccc(F)c(Cl)c2)c1N. The van der Waals surface area contributed by atoms with Gasteiger partial charge in [-0.2, -0.15) is 0 Å². The van der Waals surface area contributed by atoms with Gasteiger partial charge in [0.1, 0.15) is 23.2 Å². The molecule has 1 aliphatic rings. The van der Waals surface area contributed by atoms with Gasteiger partial charge in [-0.15, -0.1) is 0 Å². The van der Waals surface area contributed by atoms with Crippen LogP contribution in [0.25, 0.3) is 11.3 Å². The number of aromatic nitrogens is 2. The molecule has 0 unspecified atom stereocenters. The van der Waals surface area contributed by atoms with Crippen LogP contribution in [0, 0.1) is 5.82 Å². The van der Waals surface area contributed by atoms with Gasteiger partial charge >= 0.3 is 0 Å². The van der Waals surface area contributed by atoms with E-state index in [1.54, 1.807) is 12.1 Å². The van der Waals surface area contributed by atoms with E-state index in [0.29, 0.717) is 17.4 Å². The minimum atomic E-state index is -0.429. The van der Waals surface area contributed by atoms with E-state index < -0.39 is 5.82 Å². The minimum absolute atomic E-state index is 0.0934. The lowest BCUT2D eigenvalue weighted by Crippen LogP contribution is -2.04. The molecular weight excluding hydrogens is 265 g/mol. The lowest BCUT2D eigenvalue weighted by Gasteiger charge is -2.05. The molecule has 0 spiro atoms. The van der Waals surface area contributed by atoms with Crippen molar-refractivity contribution < 1.29 is 4.39 Å². The number of anilines is 1. The smallest absolute Gasteiger partial charge is 0.141 e. The first-order chi connectivity index (χ1) is 9.11. The topological polar surface area (TPSA) is 43.8 Å². The van der Waals surface area contributed by atoms with Gasteiger partial charge in [0.15, 0.2) is 0 Å². The summed E-state index contributed by atoms with van der Waals surface area (Å²) in [4.78, 5) is 4.64. The maximum atomic E-state index is 13.2. The molecule has 3 nitrogen and oxygen atoms in total. The van der Waals surface area contributed by atoms with Crippen LogP contribution in [-0.4, -0.2) is 9.55 Å². The summed E-state index contributed by atoms with van der Waals surface area (Å²) in [7, 11) is 0. The molecule has 5 heteroatoms. The summed E-state index contributed by atoms with van der Waals surface area (Å²) in [6, 6.07) is 4.59. The molecule has 0 amide bonds.